The Kier molecular flexibility index (Phi) is 3.93. The Bertz CT molecular complexity index is 885. The minimum absolute atomic E-state index is 0.0904. The molecule has 0 aliphatic carbocycles. The molecule has 2 aromatic carbocycles. The van der Waals surface area contributed by atoms with Gasteiger partial charge in [-0.2, -0.15) is 4.98 Å². The Morgan fingerprint density at radius 2 is 1.84 bits per heavy atom. The van der Waals surface area contributed by atoms with E-state index in [2.05, 4.69) is 15.5 Å². The molecule has 3 aromatic rings. The average Bonchev–Trinajstić information content (AvgIpc) is 3.06. The fourth-order valence-corrected chi connectivity index (χ4v) is 2.81. The van der Waals surface area contributed by atoms with Crippen LogP contribution in [0, 0.1) is 6.92 Å². The second kappa shape index (κ2) is 6.39. The van der Waals surface area contributed by atoms with Crippen LogP contribution >= 0.6 is 0 Å². The average molecular weight is 334 g/mol. The molecule has 0 atom stereocenters. The van der Waals surface area contributed by atoms with Gasteiger partial charge in [0.1, 0.15) is 0 Å². The van der Waals surface area contributed by atoms with Crippen molar-refractivity contribution >= 4 is 11.7 Å². The normalized spacial score (nSPS) is 14.2. The van der Waals surface area contributed by atoms with Gasteiger partial charge in [0.25, 0.3) is 0 Å². The number of rotatable bonds is 3. The van der Waals surface area contributed by atoms with E-state index in [9.17, 15) is 4.79 Å². The fraction of sp³-hybridized carbons (Fsp3) is 0.211. The third kappa shape index (κ3) is 3.10. The molecular formula is C19H18N4O2. The van der Waals surface area contributed by atoms with Crippen LogP contribution in [0.5, 0.6) is 0 Å². The second-order valence-electron chi connectivity index (χ2n) is 6.17. The first-order chi connectivity index (χ1) is 12.2. The highest BCUT2D eigenvalue weighted by atomic mass is 16.5. The van der Waals surface area contributed by atoms with E-state index in [-0.39, 0.29) is 11.9 Å². The van der Waals surface area contributed by atoms with Gasteiger partial charge in [0.15, 0.2) is 0 Å². The Hall–Kier alpha value is -3.15. The molecule has 6 nitrogen and oxygen atoms in total. The fourth-order valence-electron chi connectivity index (χ4n) is 2.81. The number of carbonyl (C=O) groups is 1. The highest BCUT2D eigenvalue weighted by Crippen LogP contribution is 2.28. The van der Waals surface area contributed by atoms with E-state index >= 15 is 0 Å². The molecule has 0 bridgehead atoms. The number of benzene rings is 2. The molecular weight excluding hydrogens is 316 g/mol. The molecule has 2 amide bonds. The van der Waals surface area contributed by atoms with Gasteiger partial charge >= 0.3 is 6.03 Å². The molecule has 1 saturated heterocycles. The van der Waals surface area contributed by atoms with E-state index in [1.165, 1.54) is 0 Å². The molecule has 1 N–H and O–H groups in total. The zero-order valence-corrected chi connectivity index (χ0v) is 13.8. The molecule has 1 aliphatic heterocycles. The van der Waals surface area contributed by atoms with Gasteiger partial charge in [0, 0.05) is 24.3 Å². The van der Waals surface area contributed by atoms with Crippen LogP contribution in [0.15, 0.2) is 59.1 Å². The van der Waals surface area contributed by atoms with Crippen molar-refractivity contribution in [1.82, 2.24) is 15.0 Å². The Morgan fingerprint density at radius 3 is 2.60 bits per heavy atom. The van der Waals surface area contributed by atoms with Crippen LogP contribution in [0.2, 0.25) is 0 Å². The smallest absolute Gasteiger partial charge is 0.321 e. The summed E-state index contributed by atoms with van der Waals surface area (Å²) < 4.78 is 5.37. The topological polar surface area (TPSA) is 71.3 Å². The van der Waals surface area contributed by atoms with Gasteiger partial charge in [0.05, 0.1) is 5.92 Å². The number of aryl methyl sites for hydroxylation is 1. The maximum absolute atomic E-state index is 12.3. The van der Waals surface area contributed by atoms with E-state index in [0.717, 1.165) is 16.8 Å². The van der Waals surface area contributed by atoms with E-state index in [4.69, 9.17) is 4.52 Å². The largest absolute Gasteiger partial charge is 0.339 e. The molecule has 1 fully saturated rings. The van der Waals surface area contributed by atoms with Gasteiger partial charge in [-0.25, -0.2) is 4.79 Å². The van der Waals surface area contributed by atoms with E-state index < -0.39 is 0 Å². The van der Waals surface area contributed by atoms with E-state index in [1.54, 1.807) is 4.90 Å². The van der Waals surface area contributed by atoms with Crippen LogP contribution in [0.1, 0.15) is 17.4 Å². The number of hydrogen-bond donors (Lipinski definition) is 1. The standard InChI is InChI=1S/C19H18N4O2/c1-13-7-5-6-10-16(13)20-19(24)23-11-15(12-23)18-21-17(22-25-18)14-8-3-2-4-9-14/h2-10,15H,11-12H2,1H3,(H,20,24). The van der Waals surface area contributed by atoms with Crippen LogP contribution < -0.4 is 5.32 Å². The van der Waals surface area contributed by atoms with Crippen molar-refractivity contribution in [2.24, 2.45) is 0 Å². The van der Waals surface area contributed by atoms with Crippen LogP contribution in [0.4, 0.5) is 10.5 Å². The summed E-state index contributed by atoms with van der Waals surface area (Å²) in [6.45, 7) is 3.13. The first kappa shape index (κ1) is 15.4. The van der Waals surface area contributed by atoms with Crippen LogP contribution in [-0.4, -0.2) is 34.2 Å². The Balaban J connectivity index is 1.37. The van der Waals surface area contributed by atoms with E-state index in [0.29, 0.717) is 24.8 Å². The Morgan fingerprint density at radius 1 is 1.12 bits per heavy atom. The molecule has 126 valence electrons. The number of likely N-dealkylation sites (tertiary alicyclic amines) is 1. The molecule has 4 rings (SSSR count). The van der Waals surface area contributed by atoms with Crippen LogP contribution in [-0.2, 0) is 0 Å². The zero-order valence-electron chi connectivity index (χ0n) is 13.8. The number of nitrogens with zero attached hydrogens (tertiary/aromatic N) is 3. The zero-order chi connectivity index (χ0) is 17.2. The molecule has 2 heterocycles. The van der Waals surface area contributed by atoms with Crippen molar-refractivity contribution in [3.05, 3.63) is 66.1 Å². The van der Waals surface area contributed by atoms with Crippen molar-refractivity contribution in [2.75, 3.05) is 18.4 Å². The monoisotopic (exact) mass is 334 g/mol. The first-order valence-electron chi connectivity index (χ1n) is 8.21. The highest BCUT2D eigenvalue weighted by molar-refractivity contribution is 5.90. The Labute approximate surface area is 145 Å². The summed E-state index contributed by atoms with van der Waals surface area (Å²) in [5.74, 6) is 1.25. The van der Waals surface area contributed by atoms with Gasteiger partial charge in [-0.1, -0.05) is 53.7 Å². The van der Waals surface area contributed by atoms with Gasteiger partial charge in [0.2, 0.25) is 11.7 Å². The molecule has 1 aliphatic rings. The second-order valence-corrected chi connectivity index (χ2v) is 6.17. The number of urea groups is 1. The summed E-state index contributed by atoms with van der Waals surface area (Å²) in [5.41, 5.74) is 2.79. The number of carbonyl (C=O) groups excluding carboxylic acids is 1. The lowest BCUT2D eigenvalue weighted by atomic mass is 10.0. The lowest BCUT2D eigenvalue weighted by molar-refractivity contribution is 0.147. The molecule has 0 spiro atoms. The summed E-state index contributed by atoms with van der Waals surface area (Å²) >= 11 is 0. The van der Waals surface area contributed by atoms with E-state index in [1.807, 2.05) is 61.5 Å². The molecule has 0 saturated carbocycles. The molecule has 1 aromatic heterocycles. The maximum atomic E-state index is 12.3. The summed E-state index contributed by atoms with van der Waals surface area (Å²) in [7, 11) is 0. The van der Waals surface area contributed by atoms with Crippen LogP contribution in [0.3, 0.4) is 0 Å². The molecule has 6 heteroatoms. The highest BCUT2D eigenvalue weighted by Gasteiger charge is 2.35. The van der Waals surface area contributed by atoms with Crippen molar-refractivity contribution in [1.29, 1.82) is 0 Å². The molecule has 0 radical (unpaired) electrons. The lowest BCUT2D eigenvalue weighted by Crippen LogP contribution is -2.50. The minimum Gasteiger partial charge on any atom is -0.339 e. The third-order valence-corrected chi connectivity index (χ3v) is 4.38. The van der Waals surface area contributed by atoms with Gasteiger partial charge in [-0.05, 0) is 18.6 Å². The van der Waals surface area contributed by atoms with Crippen molar-refractivity contribution in [3.8, 4) is 11.4 Å². The SMILES string of the molecule is Cc1ccccc1NC(=O)N1CC(c2nc(-c3ccccc3)no2)C1. The quantitative estimate of drug-likeness (QED) is 0.793. The summed E-state index contributed by atoms with van der Waals surface area (Å²) in [5, 5.41) is 6.97. The van der Waals surface area contributed by atoms with Gasteiger partial charge in [-0.15, -0.1) is 0 Å². The van der Waals surface area contributed by atoms with Crippen molar-refractivity contribution in [3.63, 3.8) is 0 Å². The lowest BCUT2D eigenvalue weighted by Gasteiger charge is -2.37. The maximum Gasteiger partial charge on any atom is 0.321 e. The van der Waals surface area contributed by atoms with Gasteiger partial charge in [-0.3, -0.25) is 0 Å². The predicted octanol–water partition coefficient (Wildman–Crippen LogP) is 3.68. The van der Waals surface area contributed by atoms with Crippen LogP contribution in [0.25, 0.3) is 11.4 Å². The number of para-hydroxylation sites is 1. The van der Waals surface area contributed by atoms with Gasteiger partial charge < -0.3 is 14.7 Å². The number of aromatic nitrogens is 2. The summed E-state index contributed by atoms with van der Waals surface area (Å²) in [4.78, 5) is 18.5. The molecule has 0 unspecified atom stereocenters. The number of hydrogen-bond acceptors (Lipinski definition) is 4. The minimum atomic E-state index is -0.103. The van der Waals surface area contributed by atoms with Crippen molar-refractivity contribution < 1.29 is 9.32 Å². The number of anilines is 1. The summed E-state index contributed by atoms with van der Waals surface area (Å²) in [6.07, 6.45) is 0. The molecule has 25 heavy (non-hydrogen) atoms. The van der Waals surface area contributed by atoms with Crippen molar-refractivity contribution in [2.45, 2.75) is 12.8 Å². The number of amides is 2. The first-order valence-corrected chi connectivity index (χ1v) is 8.21. The number of nitrogens with one attached hydrogen (secondary N) is 1. The summed E-state index contributed by atoms with van der Waals surface area (Å²) in [6, 6.07) is 17.3. The third-order valence-electron chi connectivity index (χ3n) is 4.38. The predicted molar refractivity (Wildman–Crippen MR) is 94.2 cm³/mol.